The third-order valence-corrected chi connectivity index (χ3v) is 2.77. The molecule has 1 aromatic rings. The maximum absolute atomic E-state index is 13.2. The minimum Gasteiger partial charge on any atom is -0.381 e. The summed E-state index contributed by atoms with van der Waals surface area (Å²) in [6.07, 6.45) is 2.44. The van der Waals surface area contributed by atoms with Crippen LogP contribution >= 0.6 is 11.6 Å². The largest absolute Gasteiger partial charge is 0.381 e. The van der Waals surface area contributed by atoms with E-state index in [1.807, 2.05) is 0 Å². The smallest absolute Gasteiger partial charge is 0.142 e. The topological polar surface area (TPSA) is 35.2 Å². The van der Waals surface area contributed by atoms with Crippen LogP contribution in [0.15, 0.2) is 18.2 Å². The van der Waals surface area contributed by atoms with Gasteiger partial charge in [-0.2, -0.15) is 0 Å². The second-order valence-electron chi connectivity index (χ2n) is 4.11. The third kappa shape index (κ3) is 5.48. The van der Waals surface area contributed by atoms with E-state index in [1.54, 1.807) is 12.1 Å². The molecule has 1 rings (SSSR count). The van der Waals surface area contributed by atoms with Crippen LogP contribution in [-0.4, -0.2) is 19.3 Å². The van der Waals surface area contributed by atoms with Crippen molar-refractivity contribution in [2.75, 3.05) is 13.2 Å². The molecule has 0 spiro atoms. The number of halogens is 2. The molecular formula is C13H19ClFNO. The van der Waals surface area contributed by atoms with Crippen LogP contribution in [0.3, 0.4) is 0 Å². The normalized spacial score (nSPS) is 12.7. The molecule has 1 atom stereocenters. The Bertz CT molecular complexity index is 346. The average molecular weight is 260 g/mol. The molecule has 0 bridgehead atoms. The Morgan fingerprint density at radius 3 is 2.82 bits per heavy atom. The number of ether oxygens (including phenoxy) is 1. The number of nitrogens with two attached hydrogens (primary N) is 1. The molecular weight excluding hydrogens is 241 g/mol. The van der Waals surface area contributed by atoms with E-state index in [9.17, 15) is 4.39 Å². The molecule has 17 heavy (non-hydrogen) atoms. The van der Waals surface area contributed by atoms with Gasteiger partial charge in [-0.15, -0.1) is 0 Å². The Hall–Kier alpha value is -0.640. The van der Waals surface area contributed by atoms with Crippen molar-refractivity contribution in [2.24, 2.45) is 5.73 Å². The van der Waals surface area contributed by atoms with Gasteiger partial charge < -0.3 is 10.5 Å². The number of benzene rings is 1. The molecule has 0 aliphatic carbocycles. The molecule has 2 nitrogen and oxygen atoms in total. The van der Waals surface area contributed by atoms with Gasteiger partial charge in [0.2, 0.25) is 0 Å². The van der Waals surface area contributed by atoms with E-state index < -0.39 is 5.82 Å². The fraction of sp³-hybridized carbons (Fsp3) is 0.538. The highest BCUT2D eigenvalue weighted by molar-refractivity contribution is 6.30. The van der Waals surface area contributed by atoms with Crippen molar-refractivity contribution in [3.05, 3.63) is 34.6 Å². The van der Waals surface area contributed by atoms with Crippen molar-refractivity contribution >= 4 is 11.6 Å². The Morgan fingerprint density at radius 2 is 2.18 bits per heavy atom. The predicted octanol–water partition coefficient (Wildman–Crippen LogP) is 3.17. The lowest BCUT2D eigenvalue weighted by Crippen LogP contribution is -2.24. The first-order chi connectivity index (χ1) is 8.13. The highest BCUT2D eigenvalue weighted by Crippen LogP contribution is 2.16. The Kier molecular flexibility index (Phi) is 6.48. The van der Waals surface area contributed by atoms with Crippen molar-refractivity contribution in [1.29, 1.82) is 0 Å². The molecule has 0 radical (unpaired) electrons. The second-order valence-corrected chi connectivity index (χ2v) is 4.52. The molecule has 0 aliphatic rings. The minimum atomic E-state index is -0.390. The maximum atomic E-state index is 13.2. The summed E-state index contributed by atoms with van der Waals surface area (Å²) >= 11 is 5.61. The summed E-state index contributed by atoms with van der Waals surface area (Å²) in [6.45, 7) is 3.49. The fourth-order valence-corrected chi connectivity index (χ4v) is 1.67. The van der Waals surface area contributed by atoms with E-state index >= 15 is 0 Å². The molecule has 0 aromatic heterocycles. The maximum Gasteiger partial charge on any atom is 0.142 e. The van der Waals surface area contributed by atoms with E-state index in [0.717, 1.165) is 25.0 Å². The molecule has 0 fully saturated rings. The second kappa shape index (κ2) is 7.64. The predicted molar refractivity (Wildman–Crippen MR) is 68.8 cm³/mol. The lowest BCUT2D eigenvalue weighted by Gasteiger charge is -2.12. The Labute approximate surface area is 107 Å². The molecule has 2 N–H and O–H groups in total. The fourth-order valence-electron chi connectivity index (χ4n) is 1.55. The summed E-state index contributed by atoms with van der Waals surface area (Å²) in [5.74, 6) is -0.390. The summed E-state index contributed by atoms with van der Waals surface area (Å²) in [4.78, 5) is 0. The van der Waals surface area contributed by atoms with Gasteiger partial charge in [-0.25, -0.2) is 4.39 Å². The zero-order chi connectivity index (χ0) is 12.7. The van der Waals surface area contributed by atoms with Crippen LogP contribution in [0, 0.1) is 5.82 Å². The molecule has 1 aromatic carbocycles. The quantitative estimate of drug-likeness (QED) is 0.764. The van der Waals surface area contributed by atoms with E-state index in [2.05, 4.69) is 6.92 Å². The van der Waals surface area contributed by atoms with Gasteiger partial charge in [0.15, 0.2) is 0 Å². The van der Waals surface area contributed by atoms with Gasteiger partial charge in [0.1, 0.15) is 5.82 Å². The van der Waals surface area contributed by atoms with Crippen molar-refractivity contribution in [1.82, 2.24) is 0 Å². The van der Waals surface area contributed by atoms with Crippen LogP contribution in [0.4, 0.5) is 4.39 Å². The van der Waals surface area contributed by atoms with Gasteiger partial charge in [0, 0.05) is 19.3 Å². The van der Waals surface area contributed by atoms with Gasteiger partial charge in [0.05, 0.1) is 5.02 Å². The average Bonchev–Trinajstić information content (AvgIpc) is 2.30. The summed E-state index contributed by atoms with van der Waals surface area (Å²) in [7, 11) is 0. The minimum absolute atomic E-state index is 0.00701. The van der Waals surface area contributed by atoms with E-state index in [4.69, 9.17) is 22.1 Å². The lowest BCUT2D eigenvalue weighted by molar-refractivity contribution is 0.127. The number of hydrogen-bond donors (Lipinski definition) is 1. The lowest BCUT2D eigenvalue weighted by atomic mass is 10.0. The van der Waals surface area contributed by atoms with Crippen LogP contribution in [0.1, 0.15) is 25.3 Å². The van der Waals surface area contributed by atoms with Gasteiger partial charge in [-0.1, -0.05) is 24.6 Å². The molecule has 96 valence electrons. The highest BCUT2D eigenvalue weighted by Gasteiger charge is 2.06. The molecule has 0 saturated heterocycles. The molecule has 0 aliphatic heterocycles. The zero-order valence-corrected chi connectivity index (χ0v) is 10.8. The molecule has 0 saturated carbocycles. The summed E-state index contributed by atoms with van der Waals surface area (Å²) < 4.78 is 18.5. The van der Waals surface area contributed by atoms with E-state index in [1.165, 1.54) is 6.07 Å². The van der Waals surface area contributed by atoms with Crippen LogP contribution in [0.2, 0.25) is 5.02 Å². The van der Waals surface area contributed by atoms with Crippen LogP contribution in [-0.2, 0) is 11.2 Å². The van der Waals surface area contributed by atoms with Crippen molar-refractivity contribution < 1.29 is 9.13 Å². The standard InChI is InChI=1S/C13H19ClFNO/c1-2-6-17-7-5-11(16)8-10-3-4-12(14)13(15)9-10/h3-4,9,11H,2,5-8,16H2,1H3. The van der Waals surface area contributed by atoms with Gasteiger partial charge in [-0.3, -0.25) is 0 Å². The SMILES string of the molecule is CCCOCCC(N)Cc1ccc(Cl)c(F)c1. The van der Waals surface area contributed by atoms with Crippen LogP contribution in [0.25, 0.3) is 0 Å². The summed E-state index contributed by atoms with van der Waals surface area (Å²) in [6, 6.07) is 4.80. The van der Waals surface area contributed by atoms with Crippen LogP contribution in [0.5, 0.6) is 0 Å². The first-order valence-electron chi connectivity index (χ1n) is 5.90. The highest BCUT2D eigenvalue weighted by atomic mass is 35.5. The Morgan fingerprint density at radius 1 is 1.41 bits per heavy atom. The molecule has 0 amide bonds. The molecule has 0 heterocycles. The van der Waals surface area contributed by atoms with E-state index in [-0.39, 0.29) is 11.1 Å². The van der Waals surface area contributed by atoms with Gasteiger partial charge in [-0.05, 0) is 37.0 Å². The monoisotopic (exact) mass is 259 g/mol. The first-order valence-corrected chi connectivity index (χ1v) is 6.28. The van der Waals surface area contributed by atoms with Crippen molar-refractivity contribution in [2.45, 2.75) is 32.2 Å². The van der Waals surface area contributed by atoms with Crippen LogP contribution < -0.4 is 5.73 Å². The van der Waals surface area contributed by atoms with Crippen molar-refractivity contribution in [3.63, 3.8) is 0 Å². The molecule has 1 unspecified atom stereocenters. The summed E-state index contributed by atoms with van der Waals surface area (Å²) in [5.41, 5.74) is 6.81. The first kappa shape index (κ1) is 14.4. The zero-order valence-electron chi connectivity index (χ0n) is 10.1. The Balaban J connectivity index is 2.34. The van der Waals surface area contributed by atoms with Gasteiger partial charge >= 0.3 is 0 Å². The third-order valence-electron chi connectivity index (χ3n) is 2.46. The van der Waals surface area contributed by atoms with Crippen molar-refractivity contribution in [3.8, 4) is 0 Å². The molecule has 4 heteroatoms. The van der Waals surface area contributed by atoms with Gasteiger partial charge in [0.25, 0.3) is 0 Å². The number of hydrogen-bond acceptors (Lipinski definition) is 2. The summed E-state index contributed by atoms with van der Waals surface area (Å²) in [5, 5.41) is 0.147. The number of rotatable bonds is 7. The van der Waals surface area contributed by atoms with E-state index in [0.29, 0.717) is 13.0 Å².